The Morgan fingerprint density at radius 2 is 1.88 bits per heavy atom. The molecule has 1 aliphatic heterocycles. The molecule has 0 radical (unpaired) electrons. The number of rotatable bonds is 4. The number of carbonyl (C=O) groups is 1. The second kappa shape index (κ2) is 4.44. The number of hydrogen-bond acceptors (Lipinski definition) is 2. The lowest BCUT2D eigenvalue weighted by Gasteiger charge is -2.35. The number of cyclic esters (lactones) is 1. The van der Waals surface area contributed by atoms with Crippen LogP contribution in [-0.2, 0) is 9.53 Å². The molecule has 2 atom stereocenters. The van der Waals surface area contributed by atoms with Gasteiger partial charge in [-0.05, 0) is 12.8 Å². The van der Waals surface area contributed by atoms with E-state index >= 15 is 0 Å². The monoisotopic (exact) mass is 220 g/mol. The maximum atomic E-state index is 11.9. The minimum atomic E-state index is -0.328. The van der Waals surface area contributed by atoms with Gasteiger partial charge in [-0.25, -0.2) is 0 Å². The molecule has 2 aliphatic rings. The Balaban J connectivity index is 2.26. The summed E-state index contributed by atoms with van der Waals surface area (Å²) >= 11 is 0. The molecule has 2 rings (SSSR count). The van der Waals surface area contributed by atoms with Gasteiger partial charge >= 0.3 is 5.97 Å². The van der Waals surface area contributed by atoms with E-state index < -0.39 is 0 Å². The lowest BCUT2D eigenvalue weighted by Crippen LogP contribution is -2.37. The fraction of sp³-hybridized carbons (Fsp3) is 0.643. The number of fused-ring (bicyclic) bond motifs is 1. The topological polar surface area (TPSA) is 26.3 Å². The van der Waals surface area contributed by atoms with Gasteiger partial charge in [0.1, 0.15) is 5.60 Å². The van der Waals surface area contributed by atoms with Crippen LogP contribution in [0.3, 0.4) is 0 Å². The summed E-state index contributed by atoms with van der Waals surface area (Å²) in [5, 5.41) is 0. The molecule has 1 saturated carbocycles. The Morgan fingerprint density at radius 1 is 1.25 bits per heavy atom. The summed E-state index contributed by atoms with van der Waals surface area (Å²) in [5.41, 5.74) is -0.328. The Bertz CT molecular complexity index is 296. The van der Waals surface area contributed by atoms with Crippen LogP contribution in [0.25, 0.3) is 0 Å². The van der Waals surface area contributed by atoms with E-state index in [-0.39, 0.29) is 17.5 Å². The first kappa shape index (κ1) is 11.4. The van der Waals surface area contributed by atoms with E-state index in [0.717, 1.165) is 32.1 Å². The maximum absolute atomic E-state index is 11.9. The van der Waals surface area contributed by atoms with Crippen LogP contribution in [0.15, 0.2) is 25.3 Å². The van der Waals surface area contributed by atoms with Gasteiger partial charge in [-0.15, -0.1) is 13.2 Å². The van der Waals surface area contributed by atoms with E-state index in [9.17, 15) is 4.79 Å². The van der Waals surface area contributed by atoms with Crippen molar-refractivity contribution in [2.24, 2.45) is 11.8 Å². The third kappa shape index (κ3) is 1.70. The Morgan fingerprint density at radius 3 is 2.50 bits per heavy atom. The molecular weight excluding hydrogens is 200 g/mol. The van der Waals surface area contributed by atoms with Crippen molar-refractivity contribution in [1.29, 1.82) is 0 Å². The number of hydrogen-bond donors (Lipinski definition) is 0. The van der Waals surface area contributed by atoms with Gasteiger partial charge in [0.2, 0.25) is 0 Å². The van der Waals surface area contributed by atoms with Gasteiger partial charge in [-0.3, -0.25) is 4.79 Å². The molecule has 2 unspecified atom stereocenters. The highest BCUT2D eigenvalue weighted by Crippen LogP contribution is 2.49. The quantitative estimate of drug-likeness (QED) is 0.537. The van der Waals surface area contributed by atoms with E-state index in [2.05, 4.69) is 13.2 Å². The van der Waals surface area contributed by atoms with Crippen molar-refractivity contribution < 1.29 is 9.53 Å². The summed E-state index contributed by atoms with van der Waals surface area (Å²) in [6.07, 6.45) is 9.74. The van der Waals surface area contributed by atoms with E-state index in [1.54, 1.807) is 0 Å². The standard InChI is InChI=1S/C14H20O2/c1-3-9-14(10-4-2)12-8-6-5-7-11(12)13(15)16-14/h3-4,11-12H,1-2,5-10H2. The average Bonchev–Trinajstić information content (AvgIpc) is 2.55. The molecule has 1 aliphatic carbocycles. The second-order valence-corrected chi connectivity index (χ2v) is 4.97. The van der Waals surface area contributed by atoms with Crippen molar-refractivity contribution in [3.63, 3.8) is 0 Å². The summed E-state index contributed by atoms with van der Waals surface area (Å²) in [5.74, 6) is 0.520. The van der Waals surface area contributed by atoms with Crippen LogP contribution in [0.5, 0.6) is 0 Å². The summed E-state index contributed by atoms with van der Waals surface area (Å²) in [7, 11) is 0. The van der Waals surface area contributed by atoms with Gasteiger partial charge in [0, 0.05) is 18.8 Å². The molecule has 2 heteroatoms. The highest BCUT2D eigenvalue weighted by molar-refractivity contribution is 5.76. The van der Waals surface area contributed by atoms with E-state index in [0.29, 0.717) is 5.92 Å². The molecule has 0 amide bonds. The number of esters is 1. The van der Waals surface area contributed by atoms with Crippen LogP contribution >= 0.6 is 0 Å². The molecule has 0 aromatic rings. The smallest absolute Gasteiger partial charge is 0.309 e. The van der Waals surface area contributed by atoms with Crippen molar-refractivity contribution in [2.75, 3.05) is 0 Å². The van der Waals surface area contributed by atoms with Crippen molar-refractivity contribution >= 4 is 5.97 Å². The summed E-state index contributed by atoms with van der Waals surface area (Å²) in [4.78, 5) is 11.9. The van der Waals surface area contributed by atoms with Crippen LogP contribution < -0.4 is 0 Å². The fourth-order valence-corrected chi connectivity index (χ4v) is 3.35. The summed E-state index contributed by atoms with van der Waals surface area (Å²) < 4.78 is 5.70. The van der Waals surface area contributed by atoms with E-state index in [1.165, 1.54) is 6.42 Å². The molecule has 0 aromatic heterocycles. The summed E-state index contributed by atoms with van der Waals surface area (Å²) in [6.45, 7) is 7.58. The number of ether oxygens (including phenoxy) is 1. The third-order valence-electron chi connectivity index (χ3n) is 4.03. The van der Waals surface area contributed by atoms with Gasteiger partial charge < -0.3 is 4.74 Å². The first-order valence-electron chi connectivity index (χ1n) is 6.18. The van der Waals surface area contributed by atoms with Crippen molar-refractivity contribution in [1.82, 2.24) is 0 Å². The first-order valence-corrected chi connectivity index (χ1v) is 6.18. The zero-order valence-electron chi connectivity index (χ0n) is 9.78. The zero-order chi connectivity index (χ0) is 11.6. The Labute approximate surface area is 97.4 Å². The lowest BCUT2D eigenvalue weighted by atomic mass is 9.70. The largest absolute Gasteiger partial charge is 0.458 e. The molecule has 1 heterocycles. The van der Waals surface area contributed by atoms with Crippen LogP contribution in [-0.4, -0.2) is 11.6 Å². The summed E-state index contributed by atoms with van der Waals surface area (Å²) in [6, 6.07) is 0. The molecule has 0 aromatic carbocycles. The van der Waals surface area contributed by atoms with Gasteiger partial charge in [0.15, 0.2) is 0 Å². The Kier molecular flexibility index (Phi) is 3.17. The SMILES string of the molecule is C=CCC1(CC=C)OC(=O)C2CCCCC21. The Hall–Kier alpha value is -1.05. The number of carbonyl (C=O) groups excluding carboxylic acids is 1. The van der Waals surface area contributed by atoms with Crippen LogP contribution in [0, 0.1) is 11.8 Å². The predicted octanol–water partition coefficient (Wildman–Crippen LogP) is 3.24. The van der Waals surface area contributed by atoms with Gasteiger partial charge in [-0.2, -0.15) is 0 Å². The molecule has 0 N–H and O–H groups in total. The highest BCUT2D eigenvalue weighted by Gasteiger charge is 2.54. The minimum Gasteiger partial charge on any atom is -0.458 e. The van der Waals surface area contributed by atoms with E-state index in [1.807, 2.05) is 12.2 Å². The third-order valence-corrected chi connectivity index (χ3v) is 4.03. The predicted molar refractivity (Wildman–Crippen MR) is 63.9 cm³/mol. The van der Waals surface area contributed by atoms with Gasteiger partial charge in [0.25, 0.3) is 0 Å². The van der Waals surface area contributed by atoms with Gasteiger partial charge in [0.05, 0.1) is 5.92 Å². The molecule has 2 fully saturated rings. The van der Waals surface area contributed by atoms with Crippen molar-refractivity contribution in [3.8, 4) is 0 Å². The van der Waals surface area contributed by atoms with E-state index in [4.69, 9.17) is 4.74 Å². The second-order valence-electron chi connectivity index (χ2n) is 4.97. The van der Waals surface area contributed by atoms with Crippen molar-refractivity contribution in [2.45, 2.75) is 44.1 Å². The highest BCUT2D eigenvalue weighted by atomic mass is 16.6. The zero-order valence-corrected chi connectivity index (χ0v) is 9.78. The minimum absolute atomic E-state index is 0.00778. The molecule has 1 saturated heterocycles. The lowest BCUT2D eigenvalue weighted by molar-refractivity contribution is -0.150. The maximum Gasteiger partial charge on any atom is 0.309 e. The van der Waals surface area contributed by atoms with Crippen LogP contribution in [0.4, 0.5) is 0 Å². The molecule has 0 bridgehead atoms. The molecular formula is C14H20O2. The molecule has 16 heavy (non-hydrogen) atoms. The first-order chi connectivity index (χ1) is 7.73. The van der Waals surface area contributed by atoms with Crippen molar-refractivity contribution in [3.05, 3.63) is 25.3 Å². The van der Waals surface area contributed by atoms with Crippen LogP contribution in [0.2, 0.25) is 0 Å². The fourth-order valence-electron chi connectivity index (χ4n) is 3.35. The normalized spacial score (nSPS) is 31.6. The molecule has 88 valence electrons. The average molecular weight is 220 g/mol. The molecule has 0 spiro atoms. The van der Waals surface area contributed by atoms with Gasteiger partial charge in [-0.1, -0.05) is 25.0 Å². The molecule has 2 nitrogen and oxygen atoms in total. The van der Waals surface area contributed by atoms with Crippen LogP contribution in [0.1, 0.15) is 38.5 Å².